The minimum atomic E-state index is 0.0600. The summed E-state index contributed by atoms with van der Waals surface area (Å²) >= 11 is 1.28. The van der Waals surface area contributed by atoms with Crippen molar-refractivity contribution in [3.8, 4) is 0 Å². The average Bonchev–Trinajstić information content (AvgIpc) is 3.38. The number of aromatic nitrogens is 1. The van der Waals surface area contributed by atoms with Crippen LogP contribution in [0.4, 0.5) is 0 Å². The maximum Gasteiger partial charge on any atom is 0.254 e. The number of rotatable bonds is 5. The zero-order valence-electron chi connectivity index (χ0n) is 20.1. The molecule has 0 bridgehead atoms. The Bertz CT molecular complexity index is 1250. The molecule has 7 heteroatoms. The highest BCUT2D eigenvalue weighted by Crippen LogP contribution is 2.33. The Hall–Kier alpha value is -3.06. The Balaban J connectivity index is 1.27. The molecule has 6 nitrogen and oxygen atoms in total. The average molecular weight is 490 g/mol. The highest BCUT2D eigenvalue weighted by molar-refractivity contribution is 7.99. The lowest BCUT2D eigenvalue weighted by molar-refractivity contribution is -0.645. The van der Waals surface area contributed by atoms with Crippen molar-refractivity contribution in [2.24, 2.45) is 5.92 Å². The molecule has 0 N–H and O–H groups in total. The van der Waals surface area contributed by atoms with E-state index in [9.17, 15) is 14.8 Å². The lowest BCUT2D eigenvalue weighted by Crippen LogP contribution is -2.49. The van der Waals surface area contributed by atoms with Gasteiger partial charge in [-0.15, -0.1) is 0 Å². The van der Waals surface area contributed by atoms with E-state index in [1.165, 1.54) is 18.0 Å². The summed E-state index contributed by atoms with van der Waals surface area (Å²) < 4.78 is 0.799. The van der Waals surface area contributed by atoms with Gasteiger partial charge >= 0.3 is 0 Å². The summed E-state index contributed by atoms with van der Waals surface area (Å²) in [5.74, 6) is 0.706. The maximum atomic E-state index is 13.7. The number of hydrogen-bond donors (Lipinski definition) is 0. The van der Waals surface area contributed by atoms with Crippen molar-refractivity contribution in [2.45, 2.75) is 43.7 Å². The van der Waals surface area contributed by atoms with Gasteiger partial charge < -0.3 is 15.0 Å². The molecular formula is C28H31N3O3S. The van der Waals surface area contributed by atoms with E-state index in [0.717, 1.165) is 65.4 Å². The number of thioether (sulfide) groups is 1. The second-order valence-corrected chi connectivity index (χ2v) is 10.6. The molecule has 5 rings (SSSR count). The van der Waals surface area contributed by atoms with Crippen LogP contribution in [0.5, 0.6) is 0 Å². The summed E-state index contributed by atoms with van der Waals surface area (Å²) in [6.07, 6.45) is 5.41. The normalized spacial score (nSPS) is 20.4. The first kappa shape index (κ1) is 23.7. The molecule has 2 aromatic carbocycles. The van der Waals surface area contributed by atoms with Gasteiger partial charge in [-0.3, -0.25) is 9.59 Å². The van der Waals surface area contributed by atoms with Crippen LogP contribution in [-0.2, 0) is 4.79 Å². The fraction of sp³-hybridized carbons (Fsp3) is 0.393. The van der Waals surface area contributed by atoms with Gasteiger partial charge in [0.2, 0.25) is 5.91 Å². The smallest absolute Gasteiger partial charge is 0.254 e. The molecule has 2 aliphatic rings. The molecule has 0 aliphatic carbocycles. The fourth-order valence-electron chi connectivity index (χ4n) is 5.65. The van der Waals surface area contributed by atoms with E-state index in [0.29, 0.717) is 11.6 Å². The summed E-state index contributed by atoms with van der Waals surface area (Å²) in [5, 5.41) is 14.7. The van der Waals surface area contributed by atoms with Gasteiger partial charge in [-0.2, -0.15) is 4.73 Å². The predicted molar refractivity (Wildman–Crippen MR) is 138 cm³/mol. The molecule has 2 amide bonds. The van der Waals surface area contributed by atoms with Gasteiger partial charge in [-0.05, 0) is 78.8 Å². The number of carbonyl (C=O) groups excluding carboxylic acids is 2. The number of fused-ring (bicyclic) bond motifs is 1. The van der Waals surface area contributed by atoms with Gasteiger partial charge in [-0.25, -0.2) is 0 Å². The van der Waals surface area contributed by atoms with Gasteiger partial charge in [0, 0.05) is 43.4 Å². The van der Waals surface area contributed by atoms with E-state index in [1.807, 2.05) is 36.1 Å². The summed E-state index contributed by atoms with van der Waals surface area (Å²) in [6, 6.07) is 17.6. The Labute approximate surface area is 210 Å². The molecule has 0 spiro atoms. The number of likely N-dealkylation sites (tertiary alicyclic amines) is 2. The number of carbonyl (C=O) groups is 2. The standard InChI is InChI=1S/C28H31N3O3S/c1-20-23-10-3-2-8-21(23)13-14-24(20)28(33)30-16-7-11-25(30)22-9-6-15-29(18-22)26(32)19-35-27-12-4-5-17-31(27)34/h2-5,8,10,12-14,17,22,25H,6-7,9,11,15-16,18-19H2,1H3. The molecule has 1 aromatic heterocycles. The van der Waals surface area contributed by atoms with Crippen molar-refractivity contribution in [1.29, 1.82) is 0 Å². The van der Waals surface area contributed by atoms with Crippen LogP contribution in [0.1, 0.15) is 41.6 Å². The molecule has 182 valence electrons. The van der Waals surface area contributed by atoms with Crippen LogP contribution in [0.25, 0.3) is 10.8 Å². The van der Waals surface area contributed by atoms with E-state index in [4.69, 9.17) is 0 Å². The third-order valence-electron chi connectivity index (χ3n) is 7.48. The van der Waals surface area contributed by atoms with Crippen molar-refractivity contribution < 1.29 is 14.3 Å². The van der Waals surface area contributed by atoms with Crippen LogP contribution in [0.2, 0.25) is 0 Å². The SMILES string of the molecule is Cc1c(C(=O)N2CCCC2C2CCCN(C(=O)CSc3cccc[n+]3[O-])C2)ccc2ccccc12. The van der Waals surface area contributed by atoms with Crippen LogP contribution in [0.15, 0.2) is 65.8 Å². The number of hydrogen-bond acceptors (Lipinski definition) is 4. The molecule has 2 atom stereocenters. The Morgan fingerprint density at radius 2 is 1.83 bits per heavy atom. The topological polar surface area (TPSA) is 67.6 Å². The number of pyridine rings is 1. The summed E-state index contributed by atoms with van der Waals surface area (Å²) in [4.78, 5) is 30.6. The second-order valence-electron chi connectivity index (χ2n) is 9.56. The van der Waals surface area contributed by atoms with Crippen LogP contribution in [0, 0.1) is 18.0 Å². The molecule has 2 fully saturated rings. The number of nitrogens with zero attached hydrogens (tertiary/aromatic N) is 3. The number of piperidine rings is 1. The minimum absolute atomic E-state index is 0.0600. The first-order valence-electron chi connectivity index (χ1n) is 12.4. The van der Waals surface area contributed by atoms with Gasteiger partial charge in [0.05, 0.1) is 5.75 Å². The van der Waals surface area contributed by atoms with Crippen LogP contribution >= 0.6 is 11.8 Å². The molecule has 35 heavy (non-hydrogen) atoms. The van der Waals surface area contributed by atoms with E-state index in [1.54, 1.807) is 18.2 Å². The van der Waals surface area contributed by atoms with Gasteiger partial charge in [0.15, 0.2) is 6.20 Å². The molecule has 2 saturated heterocycles. The molecule has 3 heterocycles. The summed E-state index contributed by atoms with van der Waals surface area (Å²) in [7, 11) is 0. The lowest BCUT2D eigenvalue weighted by atomic mass is 9.88. The predicted octanol–water partition coefficient (Wildman–Crippen LogP) is 4.42. The zero-order valence-corrected chi connectivity index (χ0v) is 20.9. The molecule has 3 aromatic rings. The van der Waals surface area contributed by atoms with E-state index in [-0.39, 0.29) is 29.5 Å². The molecule has 0 radical (unpaired) electrons. The monoisotopic (exact) mass is 489 g/mol. The zero-order chi connectivity index (χ0) is 24.4. The van der Waals surface area contributed by atoms with Crippen LogP contribution in [0.3, 0.4) is 0 Å². The number of benzene rings is 2. The quantitative estimate of drug-likeness (QED) is 0.302. The Morgan fingerprint density at radius 1 is 1.03 bits per heavy atom. The third kappa shape index (κ3) is 4.87. The van der Waals surface area contributed by atoms with Gasteiger partial charge in [0.25, 0.3) is 10.9 Å². The maximum absolute atomic E-state index is 13.7. The largest absolute Gasteiger partial charge is 0.618 e. The lowest BCUT2D eigenvalue weighted by Gasteiger charge is -2.39. The summed E-state index contributed by atoms with van der Waals surface area (Å²) in [5.41, 5.74) is 1.82. The van der Waals surface area contributed by atoms with Gasteiger partial charge in [-0.1, -0.05) is 30.3 Å². The second kappa shape index (κ2) is 10.3. The van der Waals surface area contributed by atoms with E-state index in [2.05, 4.69) is 17.0 Å². The minimum Gasteiger partial charge on any atom is -0.618 e. The first-order chi connectivity index (χ1) is 17.0. The molecule has 2 unspecified atom stereocenters. The molecule has 0 saturated carbocycles. The number of aryl methyl sites for hydroxylation is 1. The third-order valence-corrected chi connectivity index (χ3v) is 8.48. The number of amides is 2. The van der Waals surface area contributed by atoms with Crippen molar-refractivity contribution in [3.63, 3.8) is 0 Å². The van der Waals surface area contributed by atoms with Crippen molar-refractivity contribution in [3.05, 3.63) is 77.1 Å². The fourth-order valence-corrected chi connectivity index (χ4v) is 6.47. The molecular weight excluding hydrogens is 458 g/mol. The van der Waals surface area contributed by atoms with E-state index < -0.39 is 0 Å². The highest BCUT2D eigenvalue weighted by Gasteiger charge is 2.38. The van der Waals surface area contributed by atoms with Crippen molar-refractivity contribution in [1.82, 2.24) is 9.80 Å². The van der Waals surface area contributed by atoms with Crippen molar-refractivity contribution >= 4 is 34.3 Å². The molecule has 2 aliphatic heterocycles. The Kier molecular flexibility index (Phi) is 6.95. The van der Waals surface area contributed by atoms with Crippen LogP contribution in [-0.4, -0.2) is 53.0 Å². The van der Waals surface area contributed by atoms with Crippen LogP contribution < -0.4 is 4.73 Å². The van der Waals surface area contributed by atoms with E-state index >= 15 is 0 Å². The van der Waals surface area contributed by atoms with Gasteiger partial charge in [0.1, 0.15) is 0 Å². The highest BCUT2D eigenvalue weighted by atomic mass is 32.2. The Morgan fingerprint density at radius 3 is 2.69 bits per heavy atom. The first-order valence-corrected chi connectivity index (χ1v) is 13.4. The summed E-state index contributed by atoms with van der Waals surface area (Å²) in [6.45, 7) is 4.23. The van der Waals surface area contributed by atoms with Crippen molar-refractivity contribution in [2.75, 3.05) is 25.4 Å².